The van der Waals surface area contributed by atoms with Gasteiger partial charge in [0.15, 0.2) is 0 Å². The van der Waals surface area contributed by atoms with Gasteiger partial charge in [0.1, 0.15) is 0 Å². The van der Waals surface area contributed by atoms with Crippen molar-refractivity contribution in [2.24, 2.45) is 0 Å². The molecule has 2 heterocycles. The summed E-state index contributed by atoms with van der Waals surface area (Å²) in [5.41, 5.74) is 1.02. The van der Waals surface area contributed by atoms with Gasteiger partial charge < -0.3 is 19.5 Å². The number of pyridine rings is 1. The Morgan fingerprint density at radius 2 is 2.25 bits per heavy atom. The van der Waals surface area contributed by atoms with Gasteiger partial charge in [-0.15, -0.1) is 0 Å². The third kappa shape index (κ3) is 4.08. The lowest BCUT2D eigenvalue weighted by Gasteiger charge is -2.32. The smallest absolute Gasteiger partial charge is 0.250 e. The topological polar surface area (TPSA) is 46.5 Å². The summed E-state index contributed by atoms with van der Waals surface area (Å²) >= 11 is 0. The van der Waals surface area contributed by atoms with E-state index >= 15 is 0 Å². The maximum Gasteiger partial charge on any atom is 0.250 e. The van der Waals surface area contributed by atoms with Crippen molar-refractivity contribution in [3.63, 3.8) is 0 Å². The Bertz CT molecular complexity index is 472. The monoisotopic (exact) mass is 279 g/mol. The molecule has 112 valence electrons. The molecule has 0 radical (unpaired) electrons. The van der Waals surface area contributed by atoms with Crippen molar-refractivity contribution in [1.82, 2.24) is 9.47 Å². The average Bonchev–Trinajstić information content (AvgIpc) is 2.46. The first-order chi connectivity index (χ1) is 9.70. The largest absolute Gasteiger partial charge is 0.383 e. The molecule has 0 aromatic carbocycles. The number of piperidine rings is 1. The number of nitrogens with zero attached hydrogens (tertiary/aromatic N) is 2. The van der Waals surface area contributed by atoms with Crippen LogP contribution in [0.5, 0.6) is 0 Å². The van der Waals surface area contributed by atoms with Gasteiger partial charge in [0.25, 0.3) is 5.56 Å². The van der Waals surface area contributed by atoms with Crippen LogP contribution in [0.25, 0.3) is 0 Å². The minimum Gasteiger partial charge on any atom is -0.383 e. The zero-order valence-corrected chi connectivity index (χ0v) is 12.5. The number of aromatic nitrogens is 1. The van der Waals surface area contributed by atoms with E-state index in [-0.39, 0.29) is 5.56 Å². The summed E-state index contributed by atoms with van der Waals surface area (Å²) in [6.45, 7) is 3.25. The highest BCUT2D eigenvalue weighted by atomic mass is 16.5. The van der Waals surface area contributed by atoms with Crippen LogP contribution in [-0.4, -0.2) is 49.4 Å². The molecule has 0 spiro atoms. The van der Waals surface area contributed by atoms with Crippen LogP contribution >= 0.6 is 0 Å². The average molecular weight is 279 g/mol. The van der Waals surface area contributed by atoms with E-state index in [0.717, 1.165) is 12.2 Å². The summed E-state index contributed by atoms with van der Waals surface area (Å²) in [6, 6.07) is 4.06. The number of nitrogens with one attached hydrogen (secondary N) is 1. The molecule has 0 amide bonds. The fraction of sp³-hybridized carbons (Fsp3) is 0.667. The maximum absolute atomic E-state index is 11.7. The van der Waals surface area contributed by atoms with E-state index in [1.807, 2.05) is 12.3 Å². The second kappa shape index (κ2) is 7.45. The van der Waals surface area contributed by atoms with E-state index < -0.39 is 0 Å². The highest BCUT2D eigenvalue weighted by Gasteiger charge is 2.18. The second-order valence-corrected chi connectivity index (χ2v) is 5.45. The Morgan fingerprint density at radius 3 is 3.00 bits per heavy atom. The van der Waals surface area contributed by atoms with Crippen LogP contribution in [0.15, 0.2) is 23.1 Å². The number of rotatable bonds is 6. The van der Waals surface area contributed by atoms with Crippen molar-refractivity contribution in [3.05, 3.63) is 28.7 Å². The summed E-state index contributed by atoms with van der Waals surface area (Å²) in [5, 5.41) is 3.45. The Kier molecular flexibility index (Phi) is 5.61. The lowest BCUT2D eigenvalue weighted by atomic mass is 10.0. The van der Waals surface area contributed by atoms with E-state index in [2.05, 4.69) is 17.3 Å². The summed E-state index contributed by atoms with van der Waals surface area (Å²) in [5.74, 6) is 0. The Morgan fingerprint density at radius 1 is 1.40 bits per heavy atom. The van der Waals surface area contributed by atoms with Gasteiger partial charge in [0.05, 0.1) is 12.3 Å². The van der Waals surface area contributed by atoms with Gasteiger partial charge in [0, 0.05) is 38.5 Å². The third-order valence-corrected chi connectivity index (χ3v) is 3.98. The summed E-state index contributed by atoms with van der Waals surface area (Å²) < 4.78 is 6.71. The summed E-state index contributed by atoms with van der Waals surface area (Å²) in [7, 11) is 3.83. The molecule has 1 saturated heterocycles. The number of likely N-dealkylation sites (tertiary alicyclic amines) is 1. The molecule has 1 aliphatic heterocycles. The van der Waals surface area contributed by atoms with Crippen molar-refractivity contribution in [2.45, 2.75) is 31.8 Å². The molecule has 2 rings (SSSR count). The molecule has 0 bridgehead atoms. The minimum absolute atomic E-state index is 0.0161. The van der Waals surface area contributed by atoms with Gasteiger partial charge in [0.2, 0.25) is 0 Å². The van der Waals surface area contributed by atoms with Crippen LogP contribution in [0.2, 0.25) is 0 Å². The molecule has 1 aromatic heterocycles. The van der Waals surface area contributed by atoms with Gasteiger partial charge >= 0.3 is 0 Å². The molecule has 1 aromatic rings. The lowest BCUT2D eigenvalue weighted by molar-refractivity contribution is 0.186. The van der Waals surface area contributed by atoms with Crippen molar-refractivity contribution in [3.8, 4) is 0 Å². The number of methoxy groups -OCH3 is 1. The molecule has 1 N–H and O–H groups in total. The first kappa shape index (κ1) is 15.1. The van der Waals surface area contributed by atoms with Crippen LogP contribution in [0.3, 0.4) is 0 Å². The van der Waals surface area contributed by atoms with Crippen LogP contribution in [0.4, 0.5) is 5.69 Å². The number of hydrogen-bond donors (Lipinski definition) is 1. The molecular formula is C15H25N3O2. The Balaban J connectivity index is 1.93. The molecular weight excluding hydrogens is 254 g/mol. The van der Waals surface area contributed by atoms with E-state index in [1.54, 1.807) is 17.7 Å². The van der Waals surface area contributed by atoms with E-state index in [9.17, 15) is 4.79 Å². The number of likely N-dealkylation sites (N-methyl/N-ethyl adjacent to an activating group) is 1. The second-order valence-electron chi connectivity index (χ2n) is 5.45. The Labute approximate surface area is 120 Å². The zero-order chi connectivity index (χ0) is 14.4. The molecule has 0 aliphatic carbocycles. The summed E-state index contributed by atoms with van der Waals surface area (Å²) in [6.07, 6.45) is 5.73. The molecule has 20 heavy (non-hydrogen) atoms. The third-order valence-electron chi connectivity index (χ3n) is 3.98. The zero-order valence-electron chi connectivity index (χ0n) is 12.5. The first-order valence-corrected chi connectivity index (χ1v) is 7.34. The van der Waals surface area contributed by atoms with E-state index in [4.69, 9.17) is 4.74 Å². The number of ether oxygens (including phenoxy) is 1. The summed E-state index contributed by atoms with van der Waals surface area (Å²) in [4.78, 5) is 14.1. The van der Waals surface area contributed by atoms with Crippen molar-refractivity contribution in [2.75, 3.05) is 39.2 Å². The first-order valence-electron chi connectivity index (χ1n) is 7.34. The fourth-order valence-electron chi connectivity index (χ4n) is 2.64. The number of anilines is 1. The van der Waals surface area contributed by atoms with Crippen molar-refractivity contribution < 1.29 is 4.74 Å². The molecule has 0 saturated carbocycles. The SMILES string of the molecule is COCCn1cc(NCC2CCCCN2C)ccc1=O. The van der Waals surface area contributed by atoms with Crippen LogP contribution in [0.1, 0.15) is 19.3 Å². The van der Waals surface area contributed by atoms with Gasteiger partial charge in [-0.25, -0.2) is 0 Å². The number of hydrogen-bond acceptors (Lipinski definition) is 4. The molecule has 1 fully saturated rings. The predicted molar refractivity (Wildman–Crippen MR) is 81.3 cm³/mol. The molecule has 5 heteroatoms. The fourth-order valence-corrected chi connectivity index (χ4v) is 2.64. The van der Waals surface area contributed by atoms with E-state index in [0.29, 0.717) is 19.2 Å². The molecule has 1 aliphatic rings. The van der Waals surface area contributed by atoms with Crippen LogP contribution in [-0.2, 0) is 11.3 Å². The van der Waals surface area contributed by atoms with Crippen LogP contribution < -0.4 is 10.9 Å². The standard InChI is InChI=1S/C15H25N3O2/c1-17-8-4-3-5-14(17)11-16-13-6-7-15(19)18(12-13)9-10-20-2/h6-7,12,14,16H,3-5,8-11H2,1-2H3. The highest BCUT2D eigenvalue weighted by molar-refractivity contribution is 5.40. The minimum atomic E-state index is 0.0161. The highest BCUT2D eigenvalue weighted by Crippen LogP contribution is 2.15. The lowest BCUT2D eigenvalue weighted by Crippen LogP contribution is -2.40. The van der Waals surface area contributed by atoms with Gasteiger partial charge in [-0.3, -0.25) is 4.79 Å². The molecule has 1 unspecified atom stereocenters. The van der Waals surface area contributed by atoms with Gasteiger partial charge in [-0.2, -0.15) is 0 Å². The van der Waals surface area contributed by atoms with Gasteiger partial charge in [-0.05, 0) is 32.5 Å². The predicted octanol–water partition coefficient (Wildman–Crippen LogP) is 1.39. The van der Waals surface area contributed by atoms with E-state index in [1.165, 1.54) is 25.8 Å². The van der Waals surface area contributed by atoms with Crippen molar-refractivity contribution in [1.29, 1.82) is 0 Å². The van der Waals surface area contributed by atoms with Gasteiger partial charge in [-0.1, -0.05) is 6.42 Å². The van der Waals surface area contributed by atoms with Crippen molar-refractivity contribution >= 4 is 5.69 Å². The normalized spacial score (nSPS) is 20.0. The molecule has 1 atom stereocenters. The quantitative estimate of drug-likeness (QED) is 0.855. The Hall–Kier alpha value is -1.33. The molecule has 5 nitrogen and oxygen atoms in total. The van der Waals surface area contributed by atoms with Crippen LogP contribution in [0, 0.1) is 0 Å². The maximum atomic E-state index is 11.7.